The number of hydrogen-bond donors (Lipinski definition) is 0. The van der Waals surface area contributed by atoms with E-state index in [1.807, 2.05) is 0 Å². The van der Waals surface area contributed by atoms with Crippen molar-refractivity contribution in [3.63, 3.8) is 0 Å². The van der Waals surface area contributed by atoms with Gasteiger partial charge in [-0.1, -0.05) is 12.8 Å². The Morgan fingerprint density at radius 2 is 1.61 bits per heavy atom. The van der Waals surface area contributed by atoms with Gasteiger partial charge in [-0.3, -0.25) is 0 Å². The number of halogens is 5. The van der Waals surface area contributed by atoms with Crippen molar-refractivity contribution < 1.29 is 26.0 Å². The summed E-state index contributed by atoms with van der Waals surface area (Å²) in [5.41, 5.74) is 0. The lowest BCUT2D eigenvalue weighted by Gasteiger charge is -2.32. The van der Waals surface area contributed by atoms with E-state index in [4.69, 9.17) is 0 Å². The van der Waals surface area contributed by atoms with E-state index in [1.165, 1.54) is 0 Å². The van der Waals surface area contributed by atoms with Crippen LogP contribution in [-0.2, 0) is 9.05 Å². The number of fused-ring (bicyclic) bond motifs is 1. The quantitative estimate of drug-likeness (QED) is 0.589. The van der Waals surface area contributed by atoms with E-state index in [-0.39, 0.29) is 12.3 Å². The first-order valence-electron chi connectivity index (χ1n) is 5.79. The zero-order chi connectivity index (χ0) is 13.8. The number of hydrogen-bond acceptors (Lipinski definition) is 2. The van der Waals surface area contributed by atoms with Crippen LogP contribution in [0.3, 0.4) is 0 Å². The minimum Gasteiger partial charge on any atom is -0.206 e. The molecule has 0 bridgehead atoms. The van der Waals surface area contributed by atoms with Crippen LogP contribution in [0.2, 0.25) is 0 Å². The minimum atomic E-state index is -5.64. The van der Waals surface area contributed by atoms with Crippen molar-refractivity contribution in [2.24, 2.45) is 17.8 Å². The highest BCUT2D eigenvalue weighted by Crippen LogP contribution is 2.57. The molecule has 2 fully saturated rings. The molecule has 3 unspecified atom stereocenters. The van der Waals surface area contributed by atoms with Gasteiger partial charge in [-0.2, -0.15) is 17.6 Å². The van der Waals surface area contributed by atoms with Gasteiger partial charge < -0.3 is 0 Å². The molecule has 18 heavy (non-hydrogen) atoms. The van der Waals surface area contributed by atoms with E-state index in [9.17, 15) is 26.0 Å². The molecule has 0 radical (unpaired) electrons. The lowest BCUT2D eigenvalue weighted by molar-refractivity contribution is -0.197. The highest BCUT2D eigenvalue weighted by atomic mass is 35.7. The maximum atomic E-state index is 13.8. The Bertz CT molecular complexity index is 437. The molecule has 0 heterocycles. The van der Waals surface area contributed by atoms with Crippen LogP contribution in [0.5, 0.6) is 0 Å². The van der Waals surface area contributed by atoms with Crippen LogP contribution in [0, 0.1) is 17.8 Å². The van der Waals surface area contributed by atoms with E-state index in [2.05, 4.69) is 10.7 Å². The highest BCUT2D eigenvalue weighted by molar-refractivity contribution is 8.14. The first-order valence-corrected chi connectivity index (χ1v) is 8.10. The van der Waals surface area contributed by atoms with Crippen LogP contribution in [0.25, 0.3) is 0 Å². The summed E-state index contributed by atoms with van der Waals surface area (Å²) in [6.07, 6.45) is 2.36. The first-order chi connectivity index (χ1) is 8.09. The van der Waals surface area contributed by atoms with Crippen LogP contribution in [0.15, 0.2) is 0 Å². The fourth-order valence-corrected chi connectivity index (χ4v) is 4.17. The average Bonchev–Trinajstić information content (AvgIpc) is 2.74. The van der Waals surface area contributed by atoms with Gasteiger partial charge in [0.15, 0.2) is 0 Å². The molecule has 0 saturated heterocycles. The van der Waals surface area contributed by atoms with Crippen molar-refractivity contribution in [2.45, 2.75) is 43.3 Å². The van der Waals surface area contributed by atoms with E-state index in [0.717, 1.165) is 12.8 Å². The molecule has 0 N–H and O–H groups in total. The predicted molar refractivity (Wildman–Crippen MR) is 58.2 cm³/mol. The molecule has 2 saturated carbocycles. The van der Waals surface area contributed by atoms with Crippen LogP contribution in [0.4, 0.5) is 17.6 Å². The van der Waals surface area contributed by atoms with Crippen LogP contribution < -0.4 is 0 Å². The topological polar surface area (TPSA) is 34.1 Å². The molecule has 0 aromatic rings. The first kappa shape index (κ1) is 14.4. The molecule has 0 spiro atoms. The van der Waals surface area contributed by atoms with Crippen molar-refractivity contribution in [3.8, 4) is 0 Å². The Morgan fingerprint density at radius 1 is 1.00 bits per heavy atom. The van der Waals surface area contributed by atoms with Crippen molar-refractivity contribution in [1.29, 1.82) is 0 Å². The summed E-state index contributed by atoms with van der Waals surface area (Å²) < 4.78 is 75.7. The highest BCUT2D eigenvalue weighted by Gasteiger charge is 2.70. The molecule has 0 aromatic heterocycles. The van der Waals surface area contributed by atoms with E-state index in [1.54, 1.807) is 0 Å². The molecule has 106 valence electrons. The molecule has 2 aliphatic rings. The van der Waals surface area contributed by atoms with Crippen molar-refractivity contribution in [3.05, 3.63) is 0 Å². The monoisotopic (exact) mass is 308 g/mol. The van der Waals surface area contributed by atoms with Crippen LogP contribution in [-0.4, -0.2) is 19.6 Å². The van der Waals surface area contributed by atoms with Crippen LogP contribution in [0.1, 0.15) is 32.1 Å². The van der Waals surface area contributed by atoms with Crippen molar-refractivity contribution in [2.75, 3.05) is 0 Å². The summed E-state index contributed by atoms with van der Waals surface area (Å²) in [4.78, 5) is 0. The Labute approximate surface area is 107 Å². The zero-order valence-electron chi connectivity index (χ0n) is 9.38. The predicted octanol–water partition coefficient (Wildman–Crippen LogP) is 3.61. The second kappa shape index (κ2) is 4.23. The SMILES string of the molecule is O=S(=O)(Cl)C(F)(F)C(F)(F)C1CCC2CCCC21. The Morgan fingerprint density at radius 3 is 2.17 bits per heavy atom. The van der Waals surface area contributed by atoms with E-state index < -0.39 is 32.1 Å². The number of rotatable bonds is 3. The second-order valence-corrected chi connectivity index (χ2v) is 7.72. The molecule has 0 aliphatic heterocycles. The lowest BCUT2D eigenvalue weighted by Crippen LogP contribution is -2.51. The lowest BCUT2D eigenvalue weighted by atomic mass is 9.87. The summed E-state index contributed by atoms with van der Waals surface area (Å²) in [5, 5.41) is -5.20. The summed E-state index contributed by atoms with van der Waals surface area (Å²) in [6, 6.07) is 0. The molecule has 2 nitrogen and oxygen atoms in total. The van der Waals surface area contributed by atoms with Gasteiger partial charge in [0, 0.05) is 16.6 Å². The molecule has 2 aliphatic carbocycles. The van der Waals surface area contributed by atoms with Crippen molar-refractivity contribution in [1.82, 2.24) is 0 Å². The molecule has 8 heteroatoms. The van der Waals surface area contributed by atoms with Gasteiger partial charge in [-0.15, -0.1) is 0 Å². The smallest absolute Gasteiger partial charge is 0.206 e. The van der Waals surface area contributed by atoms with E-state index >= 15 is 0 Å². The average molecular weight is 309 g/mol. The summed E-state index contributed by atoms with van der Waals surface area (Å²) in [5.74, 6) is -6.68. The van der Waals surface area contributed by atoms with Gasteiger partial charge in [0.1, 0.15) is 0 Å². The Hall–Kier alpha value is -0.0400. The Kier molecular flexibility index (Phi) is 3.38. The number of alkyl halides is 4. The maximum absolute atomic E-state index is 13.8. The molecule has 3 atom stereocenters. The van der Waals surface area contributed by atoms with Gasteiger partial charge in [-0.25, -0.2) is 8.42 Å². The fourth-order valence-electron chi connectivity index (χ4n) is 3.39. The largest absolute Gasteiger partial charge is 0.421 e. The van der Waals surface area contributed by atoms with Gasteiger partial charge in [0.2, 0.25) is 0 Å². The summed E-state index contributed by atoms with van der Waals surface area (Å²) in [7, 11) is -1.16. The molecule has 0 amide bonds. The summed E-state index contributed by atoms with van der Waals surface area (Å²) in [6.45, 7) is 0. The normalized spacial score (nSPS) is 33.7. The van der Waals surface area contributed by atoms with Crippen molar-refractivity contribution >= 4 is 19.7 Å². The third kappa shape index (κ3) is 1.94. The van der Waals surface area contributed by atoms with Gasteiger partial charge in [0.05, 0.1) is 0 Å². The van der Waals surface area contributed by atoms with Crippen LogP contribution >= 0.6 is 10.7 Å². The minimum absolute atomic E-state index is 0.0229. The van der Waals surface area contributed by atoms with Gasteiger partial charge in [-0.05, 0) is 31.1 Å². The third-order valence-corrected chi connectivity index (χ3v) is 5.71. The molecular weight excluding hydrogens is 296 g/mol. The summed E-state index contributed by atoms with van der Waals surface area (Å²) >= 11 is 0. The third-order valence-electron chi connectivity index (χ3n) is 4.24. The van der Waals surface area contributed by atoms with Gasteiger partial charge >= 0.3 is 20.2 Å². The molecule has 2 rings (SSSR count). The Balaban J connectivity index is 2.31. The van der Waals surface area contributed by atoms with Gasteiger partial charge in [0.25, 0.3) is 0 Å². The zero-order valence-corrected chi connectivity index (χ0v) is 11.0. The fraction of sp³-hybridized carbons (Fsp3) is 1.00. The maximum Gasteiger partial charge on any atom is 0.421 e. The standard InChI is InChI=1S/C10H13ClF4O2S/c11-18(16,17)10(14,15)9(12,13)8-5-4-6-2-1-3-7(6)8/h6-8H,1-5H2. The van der Waals surface area contributed by atoms with E-state index in [0.29, 0.717) is 12.8 Å². The second-order valence-electron chi connectivity index (χ2n) is 5.12. The molecule has 0 aromatic carbocycles. The molecular formula is C10H13ClF4O2S.